The van der Waals surface area contributed by atoms with E-state index >= 15 is 0 Å². The van der Waals surface area contributed by atoms with Gasteiger partial charge in [0.1, 0.15) is 6.04 Å². The van der Waals surface area contributed by atoms with Crippen LogP contribution >= 0.6 is 0 Å². The number of amides is 1. The number of nitrogens with one attached hydrogen (secondary N) is 1. The normalized spacial score (nSPS) is 12.6. The minimum absolute atomic E-state index is 0.235. The number of alkyl halides is 3. The molecule has 0 saturated carbocycles. The highest BCUT2D eigenvalue weighted by Gasteiger charge is 2.38. The first-order valence-corrected chi connectivity index (χ1v) is 7.58. The number of carbonyl (C=O) groups is 4. The van der Waals surface area contributed by atoms with Crippen molar-refractivity contribution in [1.82, 2.24) is 5.32 Å². The van der Waals surface area contributed by atoms with Gasteiger partial charge in [-0.15, -0.1) is 0 Å². The Labute approximate surface area is 157 Å². The number of esters is 1. The Morgan fingerprint density at radius 2 is 1.64 bits per heavy atom. The summed E-state index contributed by atoms with van der Waals surface area (Å²) in [5, 5.41) is 18.2. The molecule has 156 valence electrons. The summed E-state index contributed by atoms with van der Waals surface area (Å²) in [4.78, 5) is 42.9. The Morgan fingerprint density at radius 1 is 1.14 bits per heavy atom. The fourth-order valence-corrected chi connectivity index (χ4v) is 1.74. The predicted octanol–water partition coefficient (Wildman–Crippen LogP) is 0.322. The van der Waals surface area contributed by atoms with Gasteiger partial charge in [0.2, 0.25) is 5.91 Å². The number of carbonyl (C=O) groups excluding carboxylic acids is 2. The predicted molar refractivity (Wildman–Crippen MR) is 88.0 cm³/mol. The van der Waals surface area contributed by atoms with Gasteiger partial charge in [0.05, 0.1) is 19.6 Å². The van der Waals surface area contributed by atoms with Gasteiger partial charge in [0.25, 0.3) is 0 Å². The van der Waals surface area contributed by atoms with Crippen LogP contribution in [0.5, 0.6) is 0 Å². The van der Waals surface area contributed by atoms with Crippen molar-refractivity contribution in [1.29, 1.82) is 0 Å². The van der Waals surface area contributed by atoms with E-state index in [0.29, 0.717) is 0 Å². The van der Waals surface area contributed by atoms with E-state index in [-0.39, 0.29) is 6.42 Å². The van der Waals surface area contributed by atoms with Crippen molar-refractivity contribution in [2.75, 3.05) is 7.11 Å². The monoisotopic (exact) mass is 408 g/mol. The number of benzene rings is 1. The first-order chi connectivity index (χ1) is 12.9. The largest absolute Gasteiger partial charge is 0.490 e. The molecule has 0 spiro atoms. The molecule has 1 aromatic carbocycles. The molecule has 0 aliphatic rings. The molecule has 1 amide bonds. The van der Waals surface area contributed by atoms with Crippen LogP contribution in [0, 0.1) is 0 Å². The number of ether oxygens (including phenoxy) is 1. The lowest BCUT2D eigenvalue weighted by molar-refractivity contribution is -0.192. The zero-order valence-electron chi connectivity index (χ0n) is 14.6. The molecule has 1 rings (SSSR count). The summed E-state index contributed by atoms with van der Waals surface area (Å²) < 4.78 is 36.4. The minimum atomic E-state index is -5.08. The zero-order chi connectivity index (χ0) is 21.9. The van der Waals surface area contributed by atoms with Crippen LogP contribution in [0.2, 0.25) is 0 Å². The van der Waals surface area contributed by atoms with Crippen molar-refractivity contribution in [2.24, 2.45) is 5.73 Å². The summed E-state index contributed by atoms with van der Waals surface area (Å²) in [6.45, 7) is 0. The summed E-state index contributed by atoms with van der Waals surface area (Å²) in [6, 6.07) is 6.93. The summed E-state index contributed by atoms with van der Waals surface area (Å²) in [7, 11) is 1.21. The zero-order valence-corrected chi connectivity index (χ0v) is 14.6. The van der Waals surface area contributed by atoms with Gasteiger partial charge in [-0.05, 0) is 5.56 Å². The SMILES string of the molecule is COC(=O)[C@H](Cc1ccccc1)NC(=O)[C@@H](N)CC(=O)O.O=C(O)C(F)(F)F. The van der Waals surface area contributed by atoms with Crippen LogP contribution in [-0.4, -0.2) is 59.4 Å². The fourth-order valence-electron chi connectivity index (χ4n) is 1.74. The Kier molecular flexibility index (Phi) is 10.2. The molecule has 0 saturated heterocycles. The maximum atomic E-state index is 11.8. The van der Waals surface area contributed by atoms with Gasteiger partial charge in [-0.1, -0.05) is 30.3 Å². The van der Waals surface area contributed by atoms with E-state index in [4.69, 9.17) is 20.7 Å². The lowest BCUT2D eigenvalue weighted by Gasteiger charge is -2.18. The Morgan fingerprint density at radius 3 is 2.04 bits per heavy atom. The highest BCUT2D eigenvalue weighted by atomic mass is 19.4. The van der Waals surface area contributed by atoms with Crippen LogP contribution in [-0.2, 0) is 30.3 Å². The number of carboxylic acids is 2. The number of nitrogens with two attached hydrogens (primary N) is 1. The molecule has 2 atom stereocenters. The molecule has 0 aromatic heterocycles. The van der Waals surface area contributed by atoms with Crippen LogP contribution in [0.25, 0.3) is 0 Å². The molecule has 0 aliphatic carbocycles. The Hall–Kier alpha value is -3.15. The summed E-state index contributed by atoms with van der Waals surface area (Å²) in [5.74, 6) is -5.26. The number of hydrogen-bond acceptors (Lipinski definition) is 6. The number of hydrogen-bond donors (Lipinski definition) is 4. The van der Waals surface area contributed by atoms with Gasteiger partial charge in [-0.25, -0.2) is 9.59 Å². The van der Waals surface area contributed by atoms with E-state index in [1.54, 1.807) is 12.1 Å². The number of halogens is 3. The van der Waals surface area contributed by atoms with E-state index in [0.717, 1.165) is 5.56 Å². The number of methoxy groups -OCH3 is 1. The van der Waals surface area contributed by atoms with Crippen molar-refractivity contribution in [2.45, 2.75) is 31.1 Å². The maximum Gasteiger partial charge on any atom is 0.490 e. The molecule has 0 radical (unpaired) electrons. The van der Waals surface area contributed by atoms with Gasteiger partial charge < -0.3 is 26.0 Å². The standard InChI is InChI=1S/C14H18N2O5.C2HF3O2/c1-21-14(20)11(7-9-5-3-2-4-6-9)16-13(19)10(15)8-12(17)18;3-2(4,5)1(6)7/h2-6,10-11H,7-8,15H2,1H3,(H,16,19)(H,17,18);(H,6,7)/t10-,11-;/m0./s1. The quantitative estimate of drug-likeness (QED) is 0.470. The summed E-state index contributed by atoms with van der Waals surface area (Å²) in [5.41, 5.74) is 6.29. The minimum Gasteiger partial charge on any atom is -0.481 e. The van der Waals surface area contributed by atoms with Gasteiger partial charge in [-0.3, -0.25) is 9.59 Å². The van der Waals surface area contributed by atoms with Crippen LogP contribution < -0.4 is 11.1 Å². The van der Waals surface area contributed by atoms with Gasteiger partial charge in [-0.2, -0.15) is 13.2 Å². The molecule has 9 nitrogen and oxygen atoms in total. The third-order valence-corrected chi connectivity index (χ3v) is 3.06. The molecule has 0 heterocycles. The fraction of sp³-hybridized carbons (Fsp3) is 0.375. The van der Waals surface area contributed by atoms with Crippen molar-refractivity contribution in [3.63, 3.8) is 0 Å². The molecule has 0 bridgehead atoms. The Bertz CT molecular complexity index is 681. The van der Waals surface area contributed by atoms with Crippen LogP contribution in [0.4, 0.5) is 13.2 Å². The van der Waals surface area contributed by atoms with Crippen LogP contribution in [0.3, 0.4) is 0 Å². The number of aliphatic carboxylic acids is 2. The van der Waals surface area contributed by atoms with Gasteiger partial charge >= 0.3 is 24.1 Å². The molecule has 28 heavy (non-hydrogen) atoms. The number of rotatable bonds is 7. The molecular formula is C16H19F3N2O7. The summed E-state index contributed by atoms with van der Waals surface area (Å²) in [6.07, 6.45) is -5.36. The lowest BCUT2D eigenvalue weighted by Crippen LogP contribution is -2.50. The molecule has 1 aromatic rings. The molecule has 0 aliphatic heterocycles. The van der Waals surface area contributed by atoms with Crippen LogP contribution in [0.15, 0.2) is 30.3 Å². The third kappa shape index (κ3) is 10.1. The summed E-state index contributed by atoms with van der Waals surface area (Å²) >= 11 is 0. The van der Waals surface area contributed by atoms with Gasteiger partial charge in [0, 0.05) is 6.42 Å². The average molecular weight is 408 g/mol. The second-order valence-corrected chi connectivity index (χ2v) is 5.28. The molecular weight excluding hydrogens is 389 g/mol. The van der Waals surface area contributed by atoms with E-state index in [2.05, 4.69) is 10.1 Å². The topological polar surface area (TPSA) is 156 Å². The van der Waals surface area contributed by atoms with Crippen molar-refractivity contribution in [3.8, 4) is 0 Å². The third-order valence-electron chi connectivity index (χ3n) is 3.06. The first kappa shape index (κ1) is 24.8. The highest BCUT2D eigenvalue weighted by Crippen LogP contribution is 2.13. The number of carboxylic acid groups (broad SMARTS) is 2. The maximum absolute atomic E-state index is 11.8. The molecule has 0 unspecified atom stereocenters. The van der Waals surface area contributed by atoms with Gasteiger partial charge in [0.15, 0.2) is 0 Å². The second-order valence-electron chi connectivity index (χ2n) is 5.28. The van der Waals surface area contributed by atoms with E-state index in [1.165, 1.54) is 7.11 Å². The van der Waals surface area contributed by atoms with Crippen molar-refractivity contribution in [3.05, 3.63) is 35.9 Å². The smallest absolute Gasteiger partial charge is 0.481 e. The lowest BCUT2D eigenvalue weighted by atomic mass is 10.1. The Balaban J connectivity index is 0.000000887. The highest BCUT2D eigenvalue weighted by molar-refractivity contribution is 5.89. The second kappa shape index (κ2) is 11.5. The van der Waals surface area contributed by atoms with Crippen molar-refractivity contribution >= 4 is 23.8 Å². The molecule has 5 N–H and O–H groups in total. The first-order valence-electron chi connectivity index (χ1n) is 7.58. The average Bonchev–Trinajstić information content (AvgIpc) is 2.60. The van der Waals surface area contributed by atoms with E-state index in [1.807, 2.05) is 18.2 Å². The van der Waals surface area contributed by atoms with Crippen molar-refractivity contribution < 1.29 is 47.3 Å². The van der Waals surface area contributed by atoms with Crippen LogP contribution in [0.1, 0.15) is 12.0 Å². The molecule has 0 fully saturated rings. The molecule has 12 heteroatoms. The van der Waals surface area contributed by atoms with E-state index in [9.17, 15) is 27.6 Å². The van der Waals surface area contributed by atoms with E-state index < -0.39 is 48.5 Å².